The molecule has 0 aromatic carbocycles. The van der Waals surface area contributed by atoms with Crippen molar-refractivity contribution in [2.24, 2.45) is 0 Å². The Hall–Kier alpha value is -0.870. The highest BCUT2D eigenvalue weighted by Gasteiger charge is 2.37. The van der Waals surface area contributed by atoms with E-state index in [0.29, 0.717) is 11.6 Å². The van der Waals surface area contributed by atoms with Crippen molar-refractivity contribution in [2.75, 3.05) is 6.54 Å². The fourth-order valence-corrected chi connectivity index (χ4v) is 4.47. The number of carbonyl (C=O) groups is 1. The van der Waals surface area contributed by atoms with Crippen LogP contribution in [-0.4, -0.2) is 24.0 Å². The fraction of sp³-hybridized carbons (Fsp3) is 0.688. The van der Waals surface area contributed by atoms with Crippen molar-refractivity contribution < 1.29 is 4.79 Å². The van der Waals surface area contributed by atoms with Gasteiger partial charge in [0.15, 0.2) is 0 Å². The van der Waals surface area contributed by atoms with Crippen molar-refractivity contribution in [3.05, 3.63) is 21.9 Å². The van der Waals surface area contributed by atoms with Crippen LogP contribution in [0, 0.1) is 6.92 Å². The van der Waals surface area contributed by atoms with Gasteiger partial charge in [0.2, 0.25) is 0 Å². The van der Waals surface area contributed by atoms with E-state index in [0.717, 1.165) is 24.3 Å². The van der Waals surface area contributed by atoms with Crippen molar-refractivity contribution in [2.45, 2.75) is 63.5 Å². The van der Waals surface area contributed by atoms with E-state index in [4.69, 9.17) is 0 Å². The molecular weight excluding hydrogens is 268 g/mol. The van der Waals surface area contributed by atoms with Gasteiger partial charge in [0.25, 0.3) is 5.91 Å². The first-order valence-electron chi connectivity index (χ1n) is 7.79. The molecule has 1 aromatic rings. The van der Waals surface area contributed by atoms with Crippen LogP contribution in [-0.2, 0) is 0 Å². The minimum atomic E-state index is 0.112. The van der Waals surface area contributed by atoms with E-state index < -0.39 is 0 Å². The maximum absolute atomic E-state index is 12.3. The summed E-state index contributed by atoms with van der Waals surface area (Å²) < 4.78 is 0. The first-order valence-corrected chi connectivity index (χ1v) is 8.61. The van der Waals surface area contributed by atoms with Crippen molar-refractivity contribution >= 4 is 17.2 Å². The zero-order chi connectivity index (χ0) is 14.0. The van der Waals surface area contributed by atoms with Gasteiger partial charge >= 0.3 is 0 Å². The SMILES string of the molecule is Cc1ccc(C(=O)NC2CCNC3(CCCCC3)C2)s1. The highest BCUT2D eigenvalue weighted by molar-refractivity contribution is 7.13. The number of aryl methyl sites for hydroxylation is 1. The second kappa shape index (κ2) is 5.86. The summed E-state index contributed by atoms with van der Waals surface area (Å²) in [5.74, 6) is 0.112. The molecule has 0 radical (unpaired) electrons. The highest BCUT2D eigenvalue weighted by atomic mass is 32.1. The number of amides is 1. The van der Waals surface area contributed by atoms with Gasteiger partial charge in [-0.3, -0.25) is 4.79 Å². The summed E-state index contributed by atoms with van der Waals surface area (Å²) in [6.45, 7) is 3.08. The number of hydrogen-bond donors (Lipinski definition) is 2. The third kappa shape index (κ3) is 3.07. The second-order valence-corrected chi connectivity index (χ2v) is 7.63. The topological polar surface area (TPSA) is 41.1 Å². The number of carbonyl (C=O) groups excluding carboxylic acids is 1. The smallest absolute Gasteiger partial charge is 0.261 e. The number of nitrogens with one attached hydrogen (secondary N) is 2. The molecule has 20 heavy (non-hydrogen) atoms. The molecule has 2 heterocycles. The predicted octanol–water partition coefficient (Wildman–Crippen LogP) is 3.24. The number of thiophene rings is 1. The molecule has 110 valence electrons. The largest absolute Gasteiger partial charge is 0.348 e. The van der Waals surface area contributed by atoms with E-state index >= 15 is 0 Å². The first kappa shape index (κ1) is 14.1. The molecule has 2 fully saturated rings. The molecule has 1 aromatic heterocycles. The van der Waals surface area contributed by atoms with Crippen LogP contribution in [0.15, 0.2) is 12.1 Å². The molecule has 2 aliphatic rings. The summed E-state index contributed by atoms with van der Waals surface area (Å²) in [5, 5.41) is 6.98. The molecule has 1 unspecified atom stereocenters. The van der Waals surface area contributed by atoms with Crippen molar-refractivity contribution in [1.29, 1.82) is 0 Å². The number of hydrogen-bond acceptors (Lipinski definition) is 3. The van der Waals surface area contributed by atoms with Gasteiger partial charge in [-0.05, 0) is 51.3 Å². The van der Waals surface area contributed by atoms with Crippen molar-refractivity contribution in [3.63, 3.8) is 0 Å². The third-order valence-electron chi connectivity index (χ3n) is 4.74. The molecule has 1 saturated heterocycles. The Kier molecular flexibility index (Phi) is 4.13. The van der Waals surface area contributed by atoms with Crippen LogP contribution in [0.4, 0.5) is 0 Å². The zero-order valence-corrected chi connectivity index (χ0v) is 13.0. The number of piperidine rings is 1. The fourth-order valence-electron chi connectivity index (χ4n) is 3.70. The molecule has 1 atom stereocenters. The van der Waals surface area contributed by atoms with Gasteiger partial charge in [0.05, 0.1) is 4.88 Å². The Morgan fingerprint density at radius 3 is 2.85 bits per heavy atom. The molecule has 1 saturated carbocycles. The van der Waals surface area contributed by atoms with Gasteiger partial charge in [-0.2, -0.15) is 0 Å². The van der Waals surface area contributed by atoms with Gasteiger partial charge in [-0.15, -0.1) is 11.3 Å². The summed E-state index contributed by atoms with van der Waals surface area (Å²) in [6, 6.07) is 4.29. The monoisotopic (exact) mass is 292 g/mol. The molecule has 1 aliphatic carbocycles. The summed E-state index contributed by atoms with van der Waals surface area (Å²) in [6.07, 6.45) is 8.74. The van der Waals surface area contributed by atoms with E-state index in [1.165, 1.54) is 37.0 Å². The molecule has 3 rings (SSSR count). The van der Waals surface area contributed by atoms with Crippen LogP contribution in [0.3, 0.4) is 0 Å². The molecule has 0 bridgehead atoms. The van der Waals surface area contributed by atoms with Crippen LogP contribution in [0.25, 0.3) is 0 Å². The minimum Gasteiger partial charge on any atom is -0.348 e. The van der Waals surface area contributed by atoms with Crippen molar-refractivity contribution in [3.8, 4) is 0 Å². The van der Waals surface area contributed by atoms with Crippen LogP contribution in [0.5, 0.6) is 0 Å². The third-order valence-corrected chi connectivity index (χ3v) is 5.74. The Morgan fingerprint density at radius 1 is 1.35 bits per heavy atom. The lowest BCUT2D eigenvalue weighted by atomic mass is 9.75. The van der Waals surface area contributed by atoms with E-state index in [2.05, 4.69) is 10.6 Å². The highest BCUT2D eigenvalue weighted by Crippen LogP contribution is 2.34. The lowest BCUT2D eigenvalue weighted by molar-refractivity contribution is 0.0897. The quantitative estimate of drug-likeness (QED) is 0.878. The Morgan fingerprint density at radius 2 is 2.15 bits per heavy atom. The van der Waals surface area contributed by atoms with E-state index in [1.807, 2.05) is 19.1 Å². The Balaban J connectivity index is 1.61. The first-order chi connectivity index (χ1) is 9.67. The van der Waals surface area contributed by atoms with Crippen LogP contribution in [0.1, 0.15) is 59.5 Å². The molecule has 1 aliphatic heterocycles. The molecule has 2 N–H and O–H groups in total. The predicted molar refractivity (Wildman–Crippen MR) is 83.4 cm³/mol. The molecule has 3 nitrogen and oxygen atoms in total. The summed E-state index contributed by atoms with van der Waals surface area (Å²) in [5.41, 5.74) is 0.305. The molecular formula is C16H24N2OS. The second-order valence-electron chi connectivity index (χ2n) is 6.34. The standard InChI is InChI=1S/C16H24N2OS/c1-12-5-6-14(20-12)15(19)18-13-7-10-17-16(11-13)8-3-2-4-9-16/h5-6,13,17H,2-4,7-11H2,1H3,(H,18,19). The van der Waals surface area contributed by atoms with Crippen LogP contribution >= 0.6 is 11.3 Å². The molecule has 1 spiro atoms. The molecule has 4 heteroatoms. The summed E-state index contributed by atoms with van der Waals surface area (Å²) in [7, 11) is 0. The molecule has 1 amide bonds. The van der Waals surface area contributed by atoms with Crippen LogP contribution < -0.4 is 10.6 Å². The van der Waals surface area contributed by atoms with E-state index in [-0.39, 0.29) is 5.91 Å². The van der Waals surface area contributed by atoms with Crippen LogP contribution in [0.2, 0.25) is 0 Å². The Labute approximate surface area is 125 Å². The average molecular weight is 292 g/mol. The van der Waals surface area contributed by atoms with Gasteiger partial charge in [0, 0.05) is 16.5 Å². The maximum atomic E-state index is 12.3. The average Bonchev–Trinajstić information content (AvgIpc) is 2.86. The van der Waals surface area contributed by atoms with Gasteiger partial charge in [-0.25, -0.2) is 0 Å². The van der Waals surface area contributed by atoms with E-state index in [9.17, 15) is 4.79 Å². The van der Waals surface area contributed by atoms with Gasteiger partial charge < -0.3 is 10.6 Å². The lowest BCUT2D eigenvalue weighted by Gasteiger charge is -2.44. The van der Waals surface area contributed by atoms with Gasteiger partial charge in [0.1, 0.15) is 0 Å². The van der Waals surface area contributed by atoms with Crippen molar-refractivity contribution in [1.82, 2.24) is 10.6 Å². The van der Waals surface area contributed by atoms with Gasteiger partial charge in [-0.1, -0.05) is 19.3 Å². The maximum Gasteiger partial charge on any atom is 0.261 e. The zero-order valence-electron chi connectivity index (χ0n) is 12.2. The van der Waals surface area contributed by atoms with E-state index in [1.54, 1.807) is 11.3 Å². The number of rotatable bonds is 2. The minimum absolute atomic E-state index is 0.112. The normalized spacial score (nSPS) is 25.6. The summed E-state index contributed by atoms with van der Waals surface area (Å²) in [4.78, 5) is 14.3. The Bertz CT molecular complexity index is 471. The summed E-state index contributed by atoms with van der Waals surface area (Å²) >= 11 is 1.58. The lowest BCUT2D eigenvalue weighted by Crippen LogP contribution is -2.57.